The van der Waals surface area contributed by atoms with Crippen LogP contribution in [0.25, 0.3) is 0 Å². The summed E-state index contributed by atoms with van der Waals surface area (Å²) in [6, 6.07) is -0.567. The number of rotatable bonds is 6. The summed E-state index contributed by atoms with van der Waals surface area (Å²) in [6.45, 7) is 6.17. The van der Waals surface area contributed by atoms with Crippen LogP contribution in [0.3, 0.4) is 0 Å². The number of carbonyl (C=O) groups excluding carboxylic acids is 1. The Balaban J connectivity index is 3.97. The van der Waals surface area contributed by atoms with E-state index in [4.69, 9.17) is 0 Å². The first-order valence-corrected chi connectivity index (χ1v) is 5.40. The zero-order valence-corrected chi connectivity index (χ0v) is 9.90. The van der Waals surface area contributed by atoms with Crippen LogP contribution in [-0.2, 0) is 4.79 Å². The molecule has 0 saturated carbocycles. The first-order chi connectivity index (χ1) is 7.31. The molecule has 16 heavy (non-hydrogen) atoms. The van der Waals surface area contributed by atoms with Gasteiger partial charge in [-0.05, 0) is 20.8 Å². The van der Waals surface area contributed by atoms with Gasteiger partial charge in [-0.2, -0.15) is 13.2 Å². The zero-order valence-electron chi connectivity index (χ0n) is 9.90. The minimum Gasteiger partial charge on any atom is -0.342 e. The smallest absolute Gasteiger partial charge is 0.342 e. The molecule has 0 aromatic rings. The molecule has 0 aromatic carbocycles. The van der Waals surface area contributed by atoms with Crippen LogP contribution in [0.4, 0.5) is 13.2 Å². The molecule has 1 unspecified atom stereocenters. The van der Waals surface area contributed by atoms with Crippen molar-refractivity contribution < 1.29 is 18.0 Å². The van der Waals surface area contributed by atoms with Gasteiger partial charge in [0, 0.05) is 19.6 Å². The lowest BCUT2D eigenvalue weighted by Gasteiger charge is -2.23. The van der Waals surface area contributed by atoms with Crippen molar-refractivity contribution in [1.82, 2.24) is 10.2 Å². The molecule has 1 N–H and O–H groups in total. The maximum Gasteiger partial charge on any atom is 0.390 e. The molecule has 1 amide bonds. The largest absolute Gasteiger partial charge is 0.390 e. The summed E-state index contributed by atoms with van der Waals surface area (Å²) in [6.07, 6.45) is -5.09. The van der Waals surface area contributed by atoms with E-state index in [2.05, 4.69) is 5.32 Å². The quantitative estimate of drug-likeness (QED) is 0.767. The fourth-order valence-electron chi connectivity index (χ4n) is 1.33. The first-order valence-electron chi connectivity index (χ1n) is 5.40. The molecule has 0 aliphatic carbocycles. The average molecular weight is 240 g/mol. The molecule has 6 heteroatoms. The predicted octanol–water partition coefficient (Wildman–Crippen LogP) is 1.79. The lowest BCUT2D eigenvalue weighted by atomic mass is 10.2. The maximum atomic E-state index is 11.9. The van der Waals surface area contributed by atoms with Crippen molar-refractivity contribution in [3.63, 3.8) is 0 Å². The van der Waals surface area contributed by atoms with Crippen LogP contribution >= 0.6 is 0 Å². The molecule has 1 atom stereocenters. The van der Waals surface area contributed by atoms with Crippen LogP contribution in [0, 0.1) is 0 Å². The SMILES string of the molecule is CCN(CC)C(=O)C(C)NCCC(F)(F)F. The molecular weight excluding hydrogens is 221 g/mol. The van der Waals surface area contributed by atoms with Crippen LogP contribution in [-0.4, -0.2) is 42.7 Å². The second-order valence-corrected chi connectivity index (χ2v) is 3.55. The predicted molar refractivity (Wildman–Crippen MR) is 56.1 cm³/mol. The van der Waals surface area contributed by atoms with E-state index in [1.165, 1.54) is 0 Å². The lowest BCUT2D eigenvalue weighted by Crippen LogP contribution is -2.45. The number of nitrogens with one attached hydrogen (secondary N) is 1. The van der Waals surface area contributed by atoms with E-state index in [0.717, 1.165) is 0 Å². The monoisotopic (exact) mass is 240 g/mol. The molecule has 0 aromatic heterocycles. The Labute approximate surface area is 94.0 Å². The zero-order chi connectivity index (χ0) is 12.8. The van der Waals surface area contributed by atoms with E-state index < -0.39 is 18.6 Å². The number of nitrogens with zero attached hydrogens (tertiary/aromatic N) is 1. The maximum absolute atomic E-state index is 11.9. The van der Waals surface area contributed by atoms with E-state index in [-0.39, 0.29) is 12.5 Å². The van der Waals surface area contributed by atoms with E-state index in [9.17, 15) is 18.0 Å². The van der Waals surface area contributed by atoms with Crippen molar-refractivity contribution in [1.29, 1.82) is 0 Å². The summed E-state index contributed by atoms with van der Waals surface area (Å²) >= 11 is 0. The van der Waals surface area contributed by atoms with Gasteiger partial charge in [0.2, 0.25) is 5.91 Å². The number of likely N-dealkylation sites (N-methyl/N-ethyl adjacent to an activating group) is 1. The Hall–Kier alpha value is -0.780. The van der Waals surface area contributed by atoms with Gasteiger partial charge in [0.15, 0.2) is 0 Å². The molecular formula is C10H19F3N2O. The summed E-state index contributed by atoms with van der Waals surface area (Å²) < 4.78 is 35.6. The third-order valence-electron chi connectivity index (χ3n) is 2.30. The number of carbonyl (C=O) groups is 1. The van der Waals surface area contributed by atoms with Crippen LogP contribution < -0.4 is 5.32 Å². The molecule has 0 saturated heterocycles. The van der Waals surface area contributed by atoms with Gasteiger partial charge in [0.1, 0.15) is 0 Å². The third-order valence-corrected chi connectivity index (χ3v) is 2.30. The second kappa shape index (κ2) is 6.73. The average Bonchev–Trinajstić information content (AvgIpc) is 2.17. The second-order valence-electron chi connectivity index (χ2n) is 3.55. The highest BCUT2D eigenvalue weighted by atomic mass is 19.4. The minimum absolute atomic E-state index is 0.160. The van der Waals surface area contributed by atoms with Crippen molar-refractivity contribution in [3.05, 3.63) is 0 Å². The molecule has 0 spiro atoms. The molecule has 0 rings (SSSR count). The number of amides is 1. The van der Waals surface area contributed by atoms with Gasteiger partial charge in [0.05, 0.1) is 12.5 Å². The topological polar surface area (TPSA) is 32.3 Å². The van der Waals surface area contributed by atoms with Crippen molar-refractivity contribution in [2.24, 2.45) is 0 Å². The Bertz CT molecular complexity index is 215. The standard InChI is InChI=1S/C10H19F3N2O/c1-4-15(5-2)9(16)8(3)14-7-6-10(11,12)13/h8,14H,4-7H2,1-3H3. The number of halogens is 3. The highest BCUT2D eigenvalue weighted by Gasteiger charge is 2.27. The fraction of sp³-hybridized carbons (Fsp3) is 0.900. The highest BCUT2D eigenvalue weighted by Crippen LogP contribution is 2.18. The van der Waals surface area contributed by atoms with Gasteiger partial charge in [-0.25, -0.2) is 0 Å². The fourth-order valence-corrected chi connectivity index (χ4v) is 1.33. The lowest BCUT2D eigenvalue weighted by molar-refractivity contribution is -0.137. The Morgan fingerprint density at radius 2 is 1.81 bits per heavy atom. The number of alkyl halides is 3. The summed E-state index contributed by atoms with van der Waals surface area (Å²) in [7, 11) is 0. The van der Waals surface area contributed by atoms with Crippen molar-refractivity contribution in [2.75, 3.05) is 19.6 Å². The first kappa shape index (κ1) is 15.2. The highest BCUT2D eigenvalue weighted by molar-refractivity contribution is 5.81. The van der Waals surface area contributed by atoms with Crippen LogP contribution in [0.15, 0.2) is 0 Å². The molecule has 96 valence electrons. The van der Waals surface area contributed by atoms with Crippen molar-refractivity contribution in [2.45, 2.75) is 39.4 Å². The molecule has 0 bridgehead atoms. The summed E-state index contributed by atoms with van der Waals surface area (Å²) in [5, 5.41) is 2.58. The van der Waals surface area contributed by atoms with Crippen molar-refractivity contribution in [3.8, 4) is 0 Å². The van der Waals surface area contributed by atoms with E-state index in [1.807, 2.05) is 13.8 Å². The molecule has 0 fully saturated rings. The van der Waals surface area contributed by atoms with Crippen LogP contribution in [0.5, 0.6) is 0 Å². The van der Waals surface area contributed by atoms with Gasteiger partial charge < -0.3 is 10.2 Å². The van der Waals surface area contributed by atoms with Gasteiger partial charge in [-0.1, -0.05) is 0 Å². The van der Waals surface area contributed by atoms with Crippen LogP contribution in [0.2, 0.25) is 0 Å². The van der Waals surface area contributed by atoms with Gasteiger partial charge in [-0.15, -0.1) is 0 Å². The van der Waals surface area contributed by atoms with Gasteiger partial charge in [0.25, 0.3) is 0 Å². The molecule has 0 heterocycles. The Kier molecular flexibility index (Phi) is 6.40. The third kappa shape index (κ3) is 5.95. The molecule has 3 nitrogen and oxygen atoms in total. The minimum atomic E-state index is -4.18. The molecule has 0 aliphatic rings. The molecule has 0 aliphatic heterocycles. The summed E-state index contributed by atoms with van der Waals surface area (Å²) in [4.78, 5) is 13.2. The molecule has 0 radical (unpaired) electrons. The van der Waals surface area contributed by atoms with Crippen molar-refractivity contribution >= 4 is 5.91 Å². The van der Waals surface area contributed by atoms with E-state index in [0.29, 0.717) is 13.1 Å². The normalized spacial score (nSPS) is 13.6. The number of hydrogen-bond donors (Lipinski definition) is 1. The number of hydrogen-bond acceptors (Lipinski definition) is 2. The van der Waals surface area contributed by atoms with E-state index in [1.54, 1.807) is 11.8 Å². The Morgan fingerprint density at radius 3 is 2.19 bits per heavy atom. The van der Waals surface area contributed by atoms with Crippen LogP contribution in [0.1, 0.15) is 27.2 Å². The van der Waals surface area contributed by atoms with Gasteiger partial charge in [-0.3, -0.25) is 4.79 Å². The van der Waals surface area contributed by atoms with Gasteiger partial charge >= 0.3 is 6.18 Å². The Morgan fingerprint density at radius 1 is 1.31 bits per heavy atom. The summed E-state index contributed by atoms with van der Waals surface area (Å²) in [5.41, 5.74) is 0. The summed E-state index contributed by atoms with van der Waals surface area (Å²) in [5.74, 6) is -0.160. The van der Waals surface area contributed by atoms with E-state index >= 15 is 0 Å².